The van der Waals surface area contributed by atoms with Crippen LogP contribution in [0.15, 0.2) is 36.5 Å². The summed E-state index contributed by atoms with van der Waals surface area (Å²) >= 11 is 0. The molecule has 0 radical (unpaired) electrons. The minimum Gasteiger partial charge on any atom is -0.487 e. The molecule has 0 saturated carbocycles. The number of aromatic nitrogens is 1. The van der Waals surface area contributed by atoms with Gasteiger partial charge in [-0.2, -0.15) is 5.26 Å². The van der Waals surface area contributed by atoms with Crippen molar-refractivity contribution in [2.75, 3.05) is 7.05 Å². The predicted molar refractivity (Wildman–Crippen MR) is 72.4 cm³/mol. The van der Waals surface area contributed by atoms with E-state index in [1.165, 1.54) is 18.2 Å². The lowest BCUT2D eigenvalue weighted by atomic mass is 10.1. The van der Waals surface area contributed by atoms with Crippen LogP contribution in [0.4, 0.5) is 4.39 Å². The molecular weight excluding hydrogens is 257 g/mol. The van der Waals surface area contributed by atoms with Crippen LogP contribution >= 0.6 is 0 Å². The van der Waals surface area contributed by atoms with E-state index in [4.69, 9.17) is 10.00 Å². The van der Waals surface area contributed by atoms with E-state index in [0.717, 1.165) is 5.69 Å². The molecule has 0 atom stereocenters. The molecule has 1 N–H and O–H groups in total. The molecule has 0 aliphatic heterocycles. The van der Waals surface area contributed by atoms with Crippen LogP contribution in [0.2, 0.25) is 0 Å². The number of nitrogens with one attached hydrogen (secondary N) is 1. The molecule has 0 amide bonds. The highest BCUT2D eigenvalue weighted by molar-refractivity contribution is 5.33. The maximum absolute atomic E-state index is 13.6. The number of halogens is 1. The average molecular weight is 271 g/mol. The highest BCUT2D eigenvalue weighted by atomic mass is 19.1. The molecule has 20 heavy (non-hydrogen) atoms. The van der Waals surface area contributed by atoms with Crippen LogP contribution in [0.5, 0.6) is 5.75 Å². The third kappa shape index (κ3) is 3.53. The maximum atomic E-state index is 13.6. The van der Waals surface area contributed by atoms with Gasteiger partial charge in [-0.3, -0.25) is 4.98 Å². The molecule has 1 heterocycles. The van der Waals surface area contributed by atoms with Crippen molar-refractivity contribution in [1.82, 2.24) is 10.3 Å². The Bertz CT molecular complexity index is 620. The second-order valence-corrected chi connectivity index (χ2v) is 4.22. The van der Waals surface area contributed by atoms with Gasteiger partial charge in [0.1, 0.15) is 18.2 Å². The summed E-state index contributed by atoms with van der Waals surface area (Å²) in [4.78, 5) is 4.20. The molecule has 0 saturated heterocycles. The topological polar surface area (TPSA) is 57.9 Å². The molecule has 0 aliphatic rings. The van der Waals surface area contributed by atoms with Gasteiger partial charge < -0.3 is 10.1 Å². The fraction of sp³-hybridized carbons (Fsp3) is 0.200. The van der Waals surface area contributed by atoms with Crippen LogP contribution in [-0.2, 0) is 13.2 Å². The van der Waals surface area contributed by atoms with Gasteiger partial charge in [-0.1, -0.05) is 0 Å². The van der Waals surface area contributed by atoms with Gasteiger partial charge in [0.15, 0.2) is 0 Å². The lowest BCUT2D eigenvalue weighted by Gasteiger charge is -2.08. The number of pyridine rings is 1. The fourth-order valence-corrected chi connectivity index (χ4v) is 1.70. The van der Waals surface area contributed by atoms with Crippen molar-refractivity contribution in [2.45, 2.75) is 13.2 Å². The van der Waals surface area contributed by atoms with E-state index in [0.29, 0.717) is 23.4 Å². The molecule has 0 aliphatic carbocycles. The Morgan fingerprint density at radius 1 is 1.35 bits per heavy atom. The van der Waals surface area contributed by atoms with Crippen LogP contribution < -0.4 is 10.1 Å². The second kappa shape index (κ2) is 6.64. The largest absolute Gasteiger partial charge is 0.487 e. The van der Waals surface area contributed by atoms with E-state index in [1.807, 2.05) is 19.2 Å². The van der Waals surface area contributed by atoms with Gasteiger partial charge in [0.25, 0.3) is 0 Å². The molecule has 1 aromatic heterocycles. The Morgan fingerprint density at radius 3 is 2.85 bits per heavy atom. The van der Waals surface area contributed by atoms with E-state index in [9.17, 15) is 4.39 Å². The summed E-state index contributed by atoms with van der Waals surface area (Å²) in [5.41, 5.74) is 1.66. The standard InChI is InChI=1S/C15H14FN3O/c1-18-8-13-3-4-14(9-19-13)20-10-12-6-11(7-17)2-5-15(12)16/h2-6,9,18H,8,10H2,1H3. The first-order valence-corrected chi connectivity index (χ1v) is 6.14. The van der Waals surface area contributed by atoms with Crippen LogP contribution in [-0.4, -0.2) is 12.0 Å². The highest BCUT2D eigenvalue weighted by Gasteiger charge is 2.05. The number of benzene rings is 1. The minimum absolute atomic E-state index is 0.0639. The number of nitriles is 1. The molecular formula is C15H14FN3O. The third-order valence-electron chi connectivity index (χ3n) is 2.72. The summed E-state index contributed by atoms with van der Waals surface area (Å²) in [7, 11) is 1.84. The fourth-order valence-electron chi connectivity index (χ4n) is 1.70. The summed E-state index contributed by atoms with van der Waals surface area (Å²) in [5.74, 6) is 0.176. The van der Waals surface area contributed by atoms with Gasteiger partial charge in [-0.15, -0.1) is 0 Å². The molecule has 4 nitrogen and oxygen atoms in total. The number of hydrogen-bond donors (Lipinski definition) is 1. The molecule has 2 rings (SSSR count). The van der Waals surface area contributed by atoms with E-state index in [1.54, 1.807) is 12.3 Å². The summed E-state index contributed by atoms with van der Waals surface area (Å²) in [6.07, 6.45) is 1.60. The zero-order chi connectivity index (χ0) is 14.4. The Balaban J connectivity index is 2.03. The predicted octanol–water partition coefficient (Wildman–Crippen LogP) is 2.39. The van der Waals surface area contributed by atoms with Gasteiger partial charge in [0.05, 0.1) is 23.5 Å². The second-order valence-electron chi connectivity index (χ2n) is 4.22. The summed E-state index contributed by atoms with van der Waals surface area (Å²) in [6, 6.07) is 9.79. The molecule has 5 heteroatoms. The number of ether oxygens (including phenoxy) is 1. The van der Waals surface area contributed by atoms with Gasteiger partial charge in [-0.05, 0) is 37.4 Å². The van der Waals surface area contributed by atoms with E-state index in [2.05, 4.69) is 10.3 Å². The van der Waals surface area contributed by atoms with Gasteiger partial charge in [0.2, 0.25) is 0 Å². The number of hydrogen-bond acceptors (Lipinski definition) is 4. The molecule has 0 fully saturated rings. The molecule has 0 bridgehead atoms. The van der Waals surface area contributed by atoms with Crippen molar-refractivity contribution in [1.29, 1.82) is 5.26 Å². The minimum atomic E-state index is -0.385. The van der Waals surface area contributed by atoms with Crippen LogP contribution in [0.1, 0.15) is 16.8 Å². The Kier molecular flexibility index (Phi) is 4.64. The summed E-state index contributed by atoms with van der Waals surface area (Å²) in [5, 5.41) is 11.8. The Morgan fingerprint density at radius 2 is 2.20 bits per heavy atom. The van der Waals surface area contributed by atoms with Crippen molar-refractivity contribution in [3.8, 4) is 11.8 Å². The normalized spacial score (nSPS) is 10.1. The molecule has 2 aromatic rings. The Hall–Kier alpha value is -2.45. The van der Waals surface area contributed by atoms with Crippen molar-refractivity contribution in [2.24, 2.45) is 0 Å². The summed E-state index contributed by atoms with van der Waals surface area (Å²) in [6.45, 7) is 0.744. The highest BCUT2D eigenvalue weighted by Crippen LogP contribution is 2.15. The van der Waals surface area contributed by atoms with Crippen LogP contribution in [0, 0.1) is 17.1 Å². The molecule has 102 valence electrons. The lowest BCUT2D eigenvalue weighted by molar-refractivity contribution is 0.298. The first-order valence-electron chi connectivity index (χ1n) is 6.14. The third-order valence-corrected chi connectivity index (χ3v) is 2.72. The Labute approximate surface area is 116 Å². The van der Waals surface area contributed by atoms with Crippen LogP contribution in [0.25, 0.3) is 0 Å². The van der Waals surface area contributed by atoms with E-state index >= 15 is 0 Å². The molecule has 0 unspecified atom stereocenters. The van der Waals surface area contributed by atoms with Crippen molar-refractivity contribution in [3.05, 3.63) is 59.2 Å². The first kappa shape index (κ1) is 14.0. The summed E-state index contributed by atoms with van der Waals surface area (Å²) < 4.78 is 19.0. The quantitative estimate of drug-likeness (QED) is 0.907. The monoisotopic (exact) mass is 271 g/mol. The zero-order valence-electron chi connectivity index (χ0n) is 11.1. The maximum Gasteiger partial charge on any atom is 0.138 e. The van der Waals surface area contributed by atoms with Gasteiger partial charge >= 0.3 is 0 Å². The average Bonchev–Trinajstić information content (AvgIpc) is 2.48. The molecule has 1 aromatic carbocycles. The van der Waals surface area contributed by atoms with Crippen molar-refractivity contribution in [3.63, 3.8) is 0 Å². The van der Waals surface area contributed by atoms with E-state index < -0.39 is 0 Å². The smallest absolute Gasteiger partial charge is 0.138 e. The van der Waals surface area contributed by atoms with Crippen LogP contribution in [0.3, 0.4) is 0 Å². The SMILES string of the molecule is CNCc1ccc(OCc2cc(C#N)ccc2F)cn1. The first-order chi connectivity index (χ1) is 9.72. The number of nitrogens with zero attached hydrogens (tertiary/aromatic N) is 2. The molecule has 0 spiro atoms. The number of rotatable bonds is 5. The van der Waals surface area contributed by atoms with Crippen molar-refractivity contribution >= 4 is 0 Å². The van der Waals surface area contributed by atoms with Gasteiger partial charge in [-0.25, -0.2) is 4.39 Å². The van der Waals surface area contributed by atoms with Crippen molar-refractivity contribution < 1.29 is 9.13 Å². The van der Waals surface area contributed by atoms with E-state index in [-0.39, 0.29) is 12.4 Å². The lowest BCUT2D eigenvalue weighted by Crippen LogP contribution is -2.06. The zero-order valence-corrected chi connectivity index (χ0v) is 11.1. The van der Waals surface area contributed by atoms with Gasteiger partial charge in [0, 0.05) is 12.1 Å².